The van der Waals surface area contributed by atoms with Gasteiger partial charge >= 0.3 is 0 Å². The molecule has 2 atom stereocenters. The minimum atomic E-state index is -0.699. The Morgan fingerprint density at radius 1 is 0.976 bits per heavy atom. The molecule has 1 aliphatic carbocycles. The van der Waals surface area contributed by atoms with Crippen LogP contribution in [0.25, 0.3) is 11.1 Å². The highest BCUT2D eigenvalue weighted by molar-refractivity contribution is 5.96. The van der Waals surface area contributed by atoms with E-state index in [-0.39, 0.29) is 28.8 Å². The number of aryl methyl sites for hydroxylation is 1. The van der Waals surface area contributed by atoms with Crippen LogP contribution in [0.15, 0.2) is 53.6 Å². The largest absolute Gasteiger partial charge is 0.493 e. The van der Waals surface area contributed by atoms with Gasteiger partial charge in [0.25, 0.3) is 0 Å². The van der Waals surface area contributed by atoms with Gasteiger partial charge in [-0.3, -0.25) is 19.4 Å². The number of carbonyl (C=O) groups is 2. The molecule has 2 unspecified atom stereocenters. The summed E-state index contributed by atoms with van der Waals surface area (Å²) in [4.78, 5) is 43.1. The van der Waals surface area contributed by atoms with Crippen molar-refractivity contribution in [3.05, 3.63) is 70.1 Å². The van der Waals surface area contributed by atoms with Crippen LogP contribution in [0.3, 0.4) is 0 Å². The number of rotatable bonds is 9. The summed E-state index contributed by atoms with van der Waals surface area (Å²) in [6.45, 7) is 5.26. The first-order valence-corrected chi connectivity index (χ1v) is 13.4. The molecule has 1 aliphatic rings. The number of hydrogen-bond acceptors (Lipinski definition) is 8. The molecule has 1 aromatic heterocycles. The molecule has 0 radical (unpaired) electrons. The third kappa shape index (κ3) is 6.26. The number of benzene rings is 1. The first-order valence-electron chi connectivity index (χ1n) is 13.4. The summed E-state index contributed by atoms with van der Waals surface area (Å²) < 4.78 is 17.1. The Kier molecular flexibility index (Phi) is 9.11. The van der Waals surface area contributed by atoms with Crippen molar-refractivity contribution >= 4 is 23.2 Å². The molecule has 10 heteroatoms. The molecule has 3 aromatic rings. The molecule has 2 amide bonds. The second-order valence-electron chi connectivity index (χ2n) is 10.2. The van der Waals surface area contributed by atoms with Crippen LogP contribution in [0.5, 0.6) is 17.2 Å². The number of nitrogens with zero attached hydrogens (tertiary/aromatic N) is 1. The van der Waals surface area contributed by atoms with E-state index in [1.165, 1.54) is 20.1 Å². The van der Waals surface area contributed by atoms with Crippen molar-refractivity contribution in [2.24, 2.45) is 5.92 Å². The van der Waals surface area contributed by atoms with Crippen molar-refractivity contribution in [1.29, 1.82) is 0 Å². The number of hydrogen-bond donors (Lipinski definition) is 3. The summed E-state index contributed by atoms with van der Waals surface area (Å²) in [7, 11) is 4.65. The SMILES string of the molecule is COc1cc2c(c(OC)c1OC)-c1ccc(NC(C(=O)Nc3ccncc3)C(C)C)c(=O)cc1C(NC(C)=O)CC2. The topological polar surface area (TPSA) is 128 Å². The van der Waals surface area contributed by atoms with Crippen molar-refractivity contribution in [1.82, 2.24) is 10.3 Å². The lowest BCUT2D eigenvalue weighted by Gasteiger charge is -2.22. The Hall–Kier alpha value is -4.60. The van der Waals surface area contributed by atoms with Crippen molar-refractivity contribution in [3.63, 3.8) is 0 Å². The van der Waals surface area contributed by atoms with Gasteiger partial charge in [-0.1, -0.05) is 19.9 Å². The molecule has 0 bridgehead atoms. The molecule has 10 nitrogen and oxygen atoms in total. The number of amides is 2. The van der Waals surface area contributed by atoms with Gasteiger partial charge in [0.1, 0.15) is 6.04 Å². The van der Waals surface area contributed by atoms with E-state index in [0.717, 1.165) is 11.1 Å². The predicted molar refractivity (Wildman–Crippen MR) is 158 cm³/mol. The van der Waals surface area contributed by atoms with Crippen LogP contribution in [-0.2, 0) is 16.0 Å². The van der Waals surface area contributed by atoms with Crippen molar-refractivity contribution in [3.8, 4) is 28.4 Å². The number of pyridine rings is 1. The fraction of sp³-hybridized carbons (Fsp3) is 0.355. The van der Waals surface area contributed by atoms with Crippen LogP contribution in [0.2, 0.25) is 0 Å². The molecule has 0 spiro atoms. The zero-order valence-electron chi connectivity index (χ0n) is 24.2. The van der Waals surface area contributed by atoms with E-state index in [4.69, 9.17) is 14.2 Å². The first-order chi connectivity index (χ1) is 19.7. The quantitative estimate of drug-likeness (QED) is 0.353. The van der Waals surface area contributed by atoms with Crippen LogP contribution in [-0.4, -0.2) is 44.2 Å². The highest BCUT2D eigenvalue weighted by atomic mass is 16.5. The number of nitrogens with one attached hydrogen (secondary N) is 3. The Morgan fingerprint density at radius 3 is 2.29 bits per heavy atom. The third-order valence-electron chi connectivity index (χ3n) is 7.12. The highest BCUT2D eigenvalue weighted by Gasteiger charge is 2.30. The predicted octanol–water partition coefficient (Wildman–Crippen LogP) is 4.33. The number of anilines is 2. The molecule has 3 N–H and O–H groups in total. The van der Waals surface area contributed by atoms with E-state index in [2.05, 4.69) is 20.9 Å². The van der Waals surface area contributed by atoms with E-state index in [1.54, 1.807) is 44.8 Å². The zero-order valence-corrected chi connectivity index (χ0v) is 24.2. The van der Waals surface area contributed by atoms with Gasteiger partial charge in [-0.15, -0.1) is 0 Å². The van der Waals surface area contributed by atoms with E-state index < -0.39 is 12.1 Å². The van der Waals surface area contributed by atoms with Gasteiger partial charge in [-0.25, -0.2) is 0 Å². The number of ether oxygens (including phenoxy) is 3. The third-order valence-corrected chi connectivity index (χ3v) is 7.12. The van der Waals surface area contributed by atoms with Crippen LogP contribution < -0.4 is 35.6 Å². The average Bonchev–Trinajstić information content (AvgIpc) is 3.19. The van der Waals surface area contributed by atoms with Gasteiger partial charge in [-0.2, -0.15) is 0 Å². The van der Waals surface area contributed by atoms with Crippen LogP contribution in [0, 0.1) is 5.92 Å². The van der Waals surface area contributed by atoms with Gasteiger partial charge in [0.05, 0.1) is 33.1 Å². The maximum absolute atomic E-state index is 13.7. The molecule has 2 aromatic carbocycles. The normalized spacial score (nSPS) is 14.6. The summed E-state index contributed by atoms with van der Waals surface area (Å²) in [5.41, 5.74) is 3.59. The Labute approximate surface area is 239 Å². The van der Waals surface area contributed by atoms with Crippen LogP contribution in [0.4, 0.5) is 11.4 Å². The van der Waals surface area contributed by atoms with Crippen LogP contribution in [0.1, 0.15) is 44.4 Å². The van der Waals surface area contributed by atoms with E-state index >= 15 is 0 Å². The standard InChI is InChI=1S/C31H36N4O6/c1-17(2)28(31(38)34-20-11-13-32-14-12-20)35-24-10-8-21-22(16-25(24)37)23(33-18(3)36)9-7-19-15-26(39-4)29(40-5)30(41-6)27(19)21/h8,10-17,23,28H,7,9H2,1-6H3,(H,33,36)(H,35,37)(H,32,34,38). The van der Waals surface area contributed by atoms with Crippen molar-refractivity contribution in [2.45, 2.75) is 45.7 Å². The summed E-state index contributed by atoms with van der Waals surface area (Å²) in [5.74, 6) is 0.797. The molecule has 216 valence electrons. The maximum atomic E-state index is 13.7. The molecule has 1 heterocycles. The number of carbonyl (C=O) groups excluding carboxylic acids is 2. The fourth-order valence-electron chi connectivity index (χ4n) is 5.18. The average molecular weight is 561 g/mol. The minimum Gasteiger partial charge on any atom is -0.493 e. The Morgan fingerprint density at radius 2 is 1.68 bits per heavy atom. The van der Waals surface area contributed by atoms with E-state index in [1.807, 2.05) is 26.0 Å². The number of methoxy groups -OCH3 is 3. The Bertz CT molecular complexity index is 1490. The minimum absolute atomic E-state index is 0.135. The van der Waals surface area contributed by atoms with Gasteiger partial charge in [0.2, 0.25) is 23.0 Å². The number of aromatic nitrogens is 1. The number of fused-ring (bicyclic) bond motifs is 3. The molecule has 41 heavy (non-hydrogen) atoms. The Balaban J connectivity index is 1.86. The van der Waals surface area contributed by atoms with Gasteiger partial charge in [0.15, 0.2) is 11.5 Å². The van der Waals surface area contributed by atoms with Gasteiger partial charge in [0, 0.05) is 30.6 Å². The summed E-state index contributed by atoms with van der Waals surface area (Å²) in [5, 5.41) is 9.05. The fourth-order valence-corrected chi connectivity index (χ4v) is 5.18. The smallest absolute Gasteiger partial charge is 0.247 e. The van der Waals surface area contributed by atoms with Crippen molar-refractivity contribution < 1.29 is 23.8 Å². The van der Waals surface area contributed by atoms with Gasteiger partial charge in [-0.05, 0) is 65.8 Å². The van der Waals surface area contributed by atoms with Gasteiger partial charge < -0.3 is 30.2 Å². The summed E-state index contributed by atoms with van der Waals surface area (Å²) >= 11 is 0. The molecular formula is C31H36N4O6. The molecular weight excluding hydrogens is 524 g/mol. The highest BCUT2D eigenvalue weighted by Crippen LogP contribution is 2.50. The lowest BCUT2D eigenvalue weighted by Crippen LogP contribution is -2.39. The molecule has 0 saturated carbocycles. The molecule has 0 saturated heterocycles. The van der Waals surface area contributed by atoms with Crippen LogP contribution >= 0.6 is 0 Å². The lowest BCUT2D eigenvalue weighted by molar-refractivity contribution is -0.120. The lowest BCUT2D eigenvalue weighted by atomic mass is 9.95. The first kappa shape index (κ1) is 29.4. The van der Waals surface area contributed by atoms with E-state index in [0.29, 0.717) is 46.9 Å². The second-order valence-corrected chi connectivity index (χ2v) is 10.2. The molecule has 0 fully saturated rings. The monoisotopic (exact) mass is 560 g/mol. The summed E-state index contributed by atoms with van der Waals surface area (Å²) in [6, 6.07) is 9.20. The summed E-state index contributed by atoms with van der Waals surface area (Å²) in [6.07, 6.45) is 4.33. The maximum Gasteiger partial charge on any atom is 0.247 e. The molecule has 4 rings (SSSR count). The second kappa shape index (κ2) is 12.7. The molecule has 0 aliphatic heterocycles. The zero-order chi connectivity index (χ0) is 29.7. The van der Waals surface area contributed by atoms with E-state index in [9.17, 15) is 14.4 Å². The van der Waals surface area contributed by atoms with Crippen molar-refractivity contribution in [2.75, 3.05) is 32.0 Å².